The molecule has 1 aromatic rings. The Bertz CT molecular complexity index is 380. The highest BCUT2D eigenvalue weighted by molar-refractivity contribution is 9.10. The Balaban J connectivity index is 0.00000128. The summed E-state index contributed by atoms with van der Waals surface area (Å²) in [6, 6.07) is 3.83. The molecule has 3 N–H and O–H groups in total. The maximum absolute atomic E-state index is 9.96. The van der Waals surface area contributed by atoms with Gasteiger partial charge in [-0.3, -0.25) is 0 Å². The first kappa shape index (κ1) is 13.8. The number of hydrogen-bond acceptors (Lipinski definition) is 2. The minimum atomic E-state index is -0.0186. The number of benzene rings is 1. The fraction of sp³-hybridized carbons (Fsp3) is 0.500. The van der Waals surface area contributed by atoms with Crippen LogP contribution in [-0.2, 0) is 0 Å². The van der Waals surface area contributed by atoms with E-state index in [2.05, 4.69) is 15.9 Å². The molecular weight excluding hydrogens is 289 g/mol. The predicted octanol–water partition coefficient (Wildman–Crippen LogP) is 3.68. The summed E-state index contributed by atoms with van der Waals surface area (Å²) >= 11 is 3.44. The number of halogens is 2. The second-order valence-corrected chi connectivity index (χ2v) is 5.29. The van der Waals surface area contributed by atoms with Crippen LogP contribution < -0.4 is 5.73 Å². The van der Waals surface area contributed by atoms with Gasteiger partial charge in [-0.05, 0) is 43.4 Å². The highest BCUT2D eigenvalue weighted by Crippen LogP contribution is 2.40. The summed E-state index contributed by atoms with van der Waals surface area (Å²) < 4.78 is 0.988. The van der Waals surface area contributed by atoms with E-state index in [1.54, 1.807) is 0 Å². The van der Waals surface area contributed by atoms with Gasteiger partial charge in [0.05, 0.1) is 0 Å². The predicted molar refractivity (Wildman–Crippen MR) is 72.1 cm³/mol. The molecule has 1 saturated carbocycles. The van der Waals surface area contributed by atoms with Crippen molar-refractivity contribution in [3.63, 3.8) is 0 Å². The summed E-state index contributed by atoms with van der Waals surface area (Å²) in [6.07, 6.45) is 3.64. The van der Waals surface area contributed by atoms with Crippen LogP contribution in [-0.4, -0.2) is 5.11 Å². The second kappa shape index (κ2) is 5.39. The van der Waals surface area contributed by atoms with E-state index in [-0.39, 0.29) is 18.4 Å². The molecule has 0 unspecified atom stereocenters. The Labute approximate surface area is 111 Å². The van der Waals surface area contributed by atoms with E-state index in [1.807, 2.05) is 19.1 Å². The van der Waals surface area contributed by atoms with Gasteiger partial charge in [-0.15, -0.1) is 12.4 Å². The van der Waals surface area contributed by atoms with Crippen molar-refractivity contribution in [3.8, 4) is 5.75 Å². The van der Waals surface area contributed by atoms with Crippen LogP contribution in [0.3, 0.4) is 0 Å². The maximum atomic E-state index is 9.96. The summed E-state index contributed by atoms with van der Waals surface area (Å²) in [7, 11) is 0. The van der Waals surface area contributed by atoms with Crippen LogP contribution in [0.1, 0.15) is 36.4 Å². The fourth-order valence-electron chi connectivity index (χ4n) is 2.07. The molecule has 0 bridgehead atoms. The van der Waals surface area contributed by atoms with Crippen LogP contribution in [0.4, 0.5) is 0 Å². The Hall–Kier alpha value is -0.250. The van der Waals surface area contributed by atoms with Crippen LogP contribution in [0.5, 0.6) is 5.75 Å². The normalized spacial score (nSPS) is 17.4. The smallest absolute Gasteiger partial charge is 0.123 e. The lowest BCUT2D eigenvalue weighted by molar-refractivity contribution is 0.260. The van der Waals surface area contributed by atoms with Crippen LogP contribution in [0.25, 0.3) is 0 Å². The van der Waals surface area contributed by atoms with Crippen molar-refractivity contribution >= 4 is 28.3 Å². The van der Waals surface area contributed by atoms with Crippen LogP contribution in [0, 0.1) is 12.8 Å². The molecule has 2 nitrogen and oxygen atoms in total. The van der Waals surface area contributed by atoms with Crippen molar-refractivity contribution in [2.45, 2.75) is 32.2 Å². The number of phenols is 1. The van der Waals surface area contributed by atoms with Gasteiger partial charge in [-0.25, -0.2) is 0 Å². The summed E-state index contributed by atoms with van der Waals surface area (Å²) in [5.74, 6) is 0.905. The van der Waals surface area contributed by atoms with Crippen molar-refractivity contribution in [1.29, 1.82) is 0 Å². The highest BCUT2D eigenvalue weighted by atomic mass is 79.9. The second-order valence-electron chi connectivity index (χ2n) is 4.38. The zero-order chi connectivity index (χ0) is 11.0. The minimum Gasteiger partial charge on any atom is -0.507 e. The average molecular weight is 307 g/mol. The molecule has 0 aromatic heterocycles. The van der Waals surface area contributed by atoms with E-state index in [4.69, 9.17) is 5.73 Å². The summed E-state index contributed by atoms with van der Waals surface area (Å²) in [6.45, 7) is 1.90. The topological polar surface area (TPSA) is 46.2 Å². The Morgan fingerprint density at radius 2 is 2.06 bits per heavy atom. The lowest BCUT2D eigenvalue weighted by Crippen LogP contribution is -2.27. The van der Waals surface area contributed by atoms with E-state index in [0.717, 1.165) is 15.6 Å². The number of phenolic OH excluding ortho intramolecular Hbond substituents is 1. The fourth-order valence-corrected chi connectivity index (χ4v) is 2.66. The zero-order valence-corrected chi connectivity index (χ0v) is 11.6. The monoisotopic (exact) mass is 305 g/mol. The molecule has 4 heteroatoms. The molecule has 2 rings (SSSR count). The SMILES string of the molecule is Cc1cc(Br)cc([C@@H](N)C2CCC2)c1O.Cl. The van der Waals surface area contributed by atoms with Gasteiger partial charge in [-0.2, -0.15) is 0 Å². The van der Waals surface area contributed by atoms with Crippen molar-refractivity contribution in [2.24, 2.45) is 11.7 Å². The Morgan fingerprint density at radius 1 is 1.44 bits per heavy atom. The quantitative estimate of drug-likeness (QED) is 0.875. The van der Waals surface area contributed by atoms with E-state index in [9.17, 15) is 5.11 Å². The number of rotatable bonds is 2. The summed E-state index contributed by atoms with van der Waals surface area (Å²) in [5.41, 5.74) is 7.92. The van der Waals surface area contributed by atoms with E-state index in [0.29, 0.717) is 11.7 Å². The molecule has 0 heterocycles. The minimum absolute atomic E-state index is 0. The van der Waals surface area contributed by atoms with Gasteiger partial charge in [0, 0.05) is 16.1 Å². The Morgan fingerprint density at radius 3 is 2.56 bits per heavy atom. The van der Waals surface area contributed by atoms with Gasteiger partial charge in [0.1, 0.15) is 5.75 Å². The largest absolute Gasteiger partial charge is 0.507 e. The molecule has 0 amide bonds. The first-order valence-electron chi connectivity index (χ1n) is 5.34. The van der Waals surface area contributed by atoms with Gasteiger partial charge in [0.2, 0.25) is 0 Å². The lowest BCUT2D eigenvalue weighted by Gasteiger charge is -2.32. The van der Waals surface area contributed by atoms with Gasteiger partial charge >= 0.3 is 0 Å². The molecule has 16 heavy (non-hydrogen) atoms. The first-order valence-corrected chi connectivity index (χ1v) is 6.13. The first-order chi connectivity index (χ1) is 7.09. The summed E-state index contributed by atoms with van der Waals surface area (Å²) in [5, 5.41) is 9.96. The molecule has 1 aromatic carbocycles. The molecule has 0 saturated heterocycles. The van der Waals surface area contributed by atoms with Crippen LogP contribution >= 0.6 is 28.3 Å². The number of nitrogens with two attached hydrogens (primary N) is 1. The van der Waals surface area contributed by atoms with Crippen molar-refractivity contribution < 1.29 is 5.11 Å². The molecule has 0 radical (unpaired) electrons. The number of hydrogen-bond donors (Lipinski definition) is 2. The summed E-state index contributed by atoms with van der Waals surface area (Å²) in [4.78, 5) is 0. The van der Waals surface area contributed by atoms with Crippen molar-refractivity contribution in [3.05, 3.63) is 27.7 Å². The van der Waals surface area contributed by atoms with Crippen LogP contribution in [0.15, 0.2) is 16.6 Å². The standard InChI is InChI=1S/C12H16BrNO.ClH/c1-7-5-9(13)6-10(12(7)15)11(14)8-3-2-4-8;/h5-6,8,11,15H,2-4,14H2,1H3;1H/t11-;/m0./s1. The Kier molecular flexibility index (Phi) is 4.65. The zero-order valence-electron chi connectivity index (χ0n) is 9.24. The average Bonchev–Trinajstić information content (AvgIpc) is 2.08. The maximum Gasteiger partial charge on any atom is 0.123 e. The molecule has 1 atom stereocenters. The molecule has 0 aliphatic heterocycles. The van der Waals surface area contributed by atoms with E-state index < -0.39 is 0 Å². The molecular formula is C12H17BrClNO. The van der Waals surface area contributed by atoms with Crippen molar-refractivity contribution in [2.75, 3.05) is 0 Å². The van der Waals surface area contributed by atoms with Gasteiger partial charge in [0.15, 0.2) is 0 Å². The molecule has 90 valence electrons. The van der Waals surface area contributed by atoms with E-state index in [1.165, 1.54) is 19.3 Å². The highest BCUT2D eigenvalue weighted by Gasteiger charge is 2.27. The van der Waals surface area contributed by atoms with E-state index >= 15 is 0 Å². The van der Waals surface area contributed by atoms with Gasteiger partial charge in [0.25, 0.3) is 0 Å². The molecule has 0 spiro atoms. The number of aryl methyl sites for hydroxylation is 1. The van der Waals surface area contributed by atoms with Gasteiger partial charge in [-0.1, -0.05) is 22.4 Å². The third-order valence-corrected chi connectivity index (χ3v) is 3.77. The number of aromatic hydroxyl groups is 1. The molecule has 1 fully saturated rings. The molecule has 1 aliphatic carbocycles. The van der Waals surface area contributed by atoms with Crippen molar-refractivity contribution in [1.82, 2.24) is 0 Å². The third-order valence-electron chi connectivity index (χ3n) is 3.31. The van der Waals surface area contributed by atoms with Gasteiger partial charge < -0.3 is 10.8 Å². The third kappa shape index (κ3) is 2.53. The molecule has 1 aliphatic rings. The lowest BCUT2D eigenvalue weighted by atomic mass is 9.77. The van der Waals surface area contributed by atoms with Crippen LogP contribution in [0.2, 0.25) is 0 Å².